The van der Waals surface area contributed by atoms with E-state index < -0.39 is 18.0 Å². The Labute approximate surface area is 194 Å². The Hall–Kier alpha value is -3.62. The molecule has 0 radical (unpaired) electrons. The lowest BCUT2D eigenvalue weighted by Gasteiger charge is -2.32. The van der Waals surface area contributed by atoms with Crippen LogP contribution in [0.25, 0.3) is 11.5 Å². The molecule has 178 valence electrons. The quantitative estimate of drug-likeness (QED) is 0.570. The van der Waals surface area contributed by atoms with Crippen LogP contribution in [-0.2, 0) is 17.8 Å². The van der Waals surface area contributed by atoms with Gasteiger partial charge >= 0.3 is 6.18 Å². The maximum atomic E-state index is 12.8. The highest BCUT2D eigenvalue weighted by atomic mass is 19.4. The van der Waals surface area contributed by atoms with Crippen molar-refractivity contribution >= 4 is 11.8 Å². The summed E-state index contributed by atoms with van der Waals surface area (Å²) in [5, 5.41) is 2.88. The summed E-state index contributed by atoms with van der Waals surface area (Å²) in [4.78, 5) is 30.3. The number of piperidine rings is 1. The Morgan fingerprint density at radius 3 is 2.32 bits per heavy atom. The van der Waals surface area contributed by atoms with Crippen molar-refractivity contribution in [2.45, 2.75) is 32.0 Å². The summed E-state index contributed by atoms with van der Waals surface area (Å²) >= 11 is 0. The van der Waals surface area contributed by atoms with Crippen LogP contribution in [0.5, 0.6) is 0 Å². The third-order valence-corrected chi connectivity index (χ3v) is 5.87. The summed E-state index contributed by atoms with van der Waals surface area (Å²) in [6.07, 6.45) is -2.91. The second-order valence-electron chi connectivity index (χ2n) is 8.28. The number of rotatable bonds is 6. The van der Waals surface area contributed by atoms with Crippen LogP contribution in [-0.4, -0.2) is 41.0 Å². The van der Waals surface area contributed by atoms with Gasteiger partial charge in [-0.15, -0.1) is 0 Å². The summed E-state index contributed by atoms with van der Waals surface area (Å²) in [5.74, 6) is -1.64. The monoisotopic (exact) mass is 471 g/mol. The Kier molecular flexibility index (Phi) is 7.00. The normalized spacial score (nSPS) is 14.7. The van der Waals surface area contributed by atoms with Gasteiger partial charge in [0.05, 0.1) is 12.3 Å². The number of likely N-dealkylation sites (tertiary alicyclic amines) is 1. The van der Waals surface area contributed by atoms with Crippen molar-refractivity contribution in [3.8, 4) is 11.5 Å². The fraction of sp³-hybridized carbons (Fsp3) is 0.320. The topological polar surface area (TPSA) is 75.4 Å². The van der Waals surface area contributed by atoms with Gasteiger partial charge in [-0.3, -0.25) is 9.59 Å². The minimum Gasteiger partial charge on any atom is -0.444 e. The highest BCUT2D eigenvalue weighted by molar-refractivity contribution is 5.92. The molecule has 6 nitrogen and oxygen atoms in total. The van der Waals surface area contributed by atoms with Crippen molar-refractivity contribution < 1.29 is 27.2 Å². The lowest BCUT2D eigenvalue weighted by atomic mass is 9.96. The number of benzene rings is 2. The molecule has 2 amide bonds. The smallest absolute Gasteiger partial charge is 0.391 e. The van der Waals surface area contributed by atoms with Gasteiger partial charge in [0.2, 0.25) is 11.8 Å². The molecule has 2 aromatic carbocycles. The minimum absolute atomic E-state index is 0.0376. The fourth-order valence-corrected chi connectivity index (χ4v) is 3.89. The van der Waals surface area contributed by atoms with Gasteiger partial charge in [-0.2, -0.15) is 13.2 Å². The first-order chi connectivity index (χ1) is 16.3. The van der Waals surface area contributed by atoms with Crippen molar-refractivity contribution in [3.05, 3.63) is 77.7 Å². The first-order valence-electron chi connectivity index (χ1n) is 11.0. The first-order valence-corrected chi connectivity index (χ1v) is 11.0. The molecule has 2 heterocycles. The highest BCUT2D eigenvalue weighted by Gasteiger charge is 2.42. The molecule has 1 aliphatic rings. The van der Waals surface area contributed by atoms with E-state index in [-0.39, 0.29) is 43.4 Å². The number of hydrogen-bond acceptors (Lipinski definition) is 4. The van der Waals surface area contributed by atoms with Crippen LogP contribution in [0.2, 0.25) is 0 Å². The first kappa shape index (κ1) is 23.5. The zero-order valence-corrected chi connectivity index (χ0v) is 18.3. The summed E-state index contributed by atoms with van der Waals surface area (Å²) in [5.41, 5.74) is 2.54. The number of halogens is 3. The maximum absolute atomic E-state index is 12.8. The molecule has 34 heavy (non-hydrogen) atoms. The van der Waals surface area contributed by atoms with Crippen LogP contribution in [0.1, 0.15) is 34.5 Å². The van der Waals surface area contributed by atoms with Crippen molar-refractivity contribution in [1.82, 2.24) is 15.2 Å². The van der Waals surface area contributed by atoms with Gasteiger partial charge in [-0.1, -0.05) is 42.5 Å². The van der Waals surface area contributed by atoms with Crippen LogP contribution >= 0.6 is 0 Å². The lowest BCUT2D eigenvalue weighted by molar-refractivity contribution is -0.183. The van der Waals surface area contributed by atoms with E-state index in [2.05, 4.69) is 10.3 Å². The van der Waals surface area contributed by atoms with Crippen molar-refractivity contribution in [2.24, 2.45) is 5.92 Å². The third-order valence-electron chi connectivity index (χ3n) is 5.87. The second-order valence-corrected chi connectivity index (χ2v) is 8.28. The zero-order valence-electron chi connectivity index (χ0n) is 18.3. The second kappa shape index (κ2) is 10.1. The Morgan fingerprint density at radius 1 is 1.00 bits per heavy atom. The van der Waals surface area contributed by atoms with Crippen LogP contribution < -0.4 is 5.32 Å². The summed E-state index contributed by atoms with van der Waals surface area (Å²) in [6.45, 7) is 0.445. The molecule has 1 saturated heterocycles. The number of nitrogens with one attached hydrogen (secondary N) is 1. The number of hydrogen-bond donors (Lipinski definition) is 1. The summed E-state index contributed by atoms with van der Waals surface area (Å²) in [6, 6.07) is 16.7. The van der Waals surface area contributed by atoms with Gasteiger partial charge in [-0.25, -0.2) is 4.98 Å². The molecule has 0 saturated carbocycles. The molecule has 1 fully saturated rings. The minimum atomic E-state index is -4.23. The highest BCUT2D eigenvalue weighted by Crippen LogP contribution is 2.34. The van der Waals surface area contributed by atoms with Gasteiger partial charge < -0.3 is 14.6 Å². The van der Waals surface area contributed by atoms with E-state index in [1.807, 2.05) is 42.5 Å². The Balaban J connectivity index is 1.30. The number of nitrogens with zero attached hydrogens (tertiary/aromatic N) is 2. The molecule has 1 N–H and O–H groups in total. The van der Waals surface area contributed by atoms with Gasteiger partial charge in [0.15, 0.2) is 5.69 Å². The molecular weight excluding hydrogens is 447 g/mol. The lowest BCUT2D eigenvalue weighted by Crippen LogP contribution is -2.42. The molecule has 9 heteroatoms. The number of alkyl halides is 3. The number of carbonyl (C=O) groups is 2. The molecule has 0 atom stereocenters. The Bertz CT molecular complexity index is 1120. The number of amides is 2. The zero-order chi connectivity index (χ0) is 24.1. The number of carbonyl (C=O) groups excluding carboxylic acids is 2. The van der Waals surface area contributed by atoms with E-state index >= 15 is 0 Å². The van der Waals surface area contributed by atoms with Crippen LogP contribution in [0.15, 0.2) is 65.3 Å². The average Bonchev–Trinajstić information content (AvgIpc) is 3.33. The molecule has 0 bridgehead atoms. The molecule has 1 aromatic heterocycles. The largest absolute Gasteiger partial charge is 0.444 e. The van der Waals surface area contributed by atoms with E-state index in [1.165, 1.54) is 11.2 Å². The molecule has 0 spiro atoms. The Morgan fingerprint density at radius 2 is 1.68 bits per heavy atom. The van der Waals surface area contributed by atoms with Crippen molar-refractivity contribution in [1.29, 1.82) is 0 Å². The molecule has 4 rings (SSSR count). The third kappa shape index (κ3) is 5.84. The number of aromatic nitrogens is 1. The fourth-order valence-electron chi connectivity index (χ4n) is 3.89. The standard InChI is InChI=1S/C25H24F3N3O3/c26-25(27,28)20-10-12-31(13-11-20)24(33)21-16-34-23(30-21)19-8-6-18(7-9-19)15-29-22(32)14-17-4-2-1-3-5-17/h1-9,16,20H,10-15H2,(H,29,32). The van der Waals surface area contributed by atoms with Crippen LogP contribution in [0.3, 0.4) is 0 Å². The van der Waals surface area contributed by atoms with E-state index in [0.717, 1.165) is 11.1 Å². The van der Waals surface area contributed by atoms with Crippen molar-refractivity contribution in [2.75, 3.05) is 13.1 Å². The number of oxazole rings is 1. The van der Waals surface area contributed by atoms with Crippen LogP contribution in [0.4, 0.5) is 13.2 Å². The van der Waals surface area contributed by atoms with Gasteiger partial charge in [0, 0.05) is 25.2 Å². The van der Waals surface area contributed by atoms with Gasteiger partial charge in [-0.05, 0) is 36.1 Å². The van der Waals surface area contributed by atoms with Gasteiger partial charge in [0.1, 0.15) is 6.26 Å². The van der Waals surface area contributed by atoms with Gasteiger partial charge in [0.25, 0.3) is 5.91 Å². The molecular formula is C25H24F3N3O3. The van der Waals surface area contributed by atoms with E-state index in [1.54, 1.807) is 12.1 Å². The predicted molar refractivity (Wildman–Crippen MR) is 119 cm³/mol. The summed E-state index contributed by atoms with van der Waals surface area (Å²) in [7, 11) is 0. The summed E-state index contributed by atoms with van der Waals surface area (Å²) < 4.78 is 43.9. The SMILES string of the molecule is O=C(Cc1ccccc1)NCc1ccc(-c2nc(C(=O)N3CCC(C(F)(F)F)CC3)co2)cc1. The maximum Gasteiger partial charge on any atom is 0.391 e. The average molecular weight is 471 g/mol. The van der Waals surface area contributed by atoms with Crippen LogP contribution in [0, 0.1) is 5.92 Å². The molecule has 0 unspecified atom stereocenters. The van der Waals surface area contributed by atoms with E-state index in [9.17, 15) is 22.8 Å². The van der Waals surface area contributed by atoms with E-state index in [0.29, 0.717) is 18.5 Å². The molecule has 0 aliphatic carbocycles. The van der Waals surface area contributed by atoms with E-state index in [4.69, 9.17) is 4.42 Å². The molecule has 3 aromatic rings. The predicted octanol–water partition coefficient (Wildman–Crippen LogP) is 4.62. The molecule has 1 aliphatic heterocycles. The van der Waals surface area contributed by atoms with Crippen molar-refractivity contribution in [3.63, 3.8) is 0 Å².